The van der Waals surface area contributed by atoms with Gasteiger partial charge in [0, 0.05) is 5.57 Å². The lowest BCUT2D eigenvalue weighted by atomic mass is 9.84. The Morgan fingerprint density at radius 1 is 1.47 bits per heavy atom. The van der Waals surface area contributed by atoms with Crippen LogP contribution < -0.4 is 0 Å². The molecule has 0 saturated heterocycles. The van der Waals surface area contributed by atoms with Crippen LogP contribution in [0.4, 0.5) is 0 Å². The van der Waals surface area contributed by atoms with Crippen molar-refractivity contribution in [2.24, 2.45) is 5.92 Å². The highest BCUT2D eigenvalue weighted by molar-refractivity contribution is 5.88. The maximum absolute atomic E-state index is 11.5. The second kappa shape index (κ2) is 5.91. The number of carbonyl (C=O) groups excluding carboxylic acids is 1. The average molecular weight is 212 g/mol. The Morgan fingerprint density at radius 3 is 2.60 bits per heavy atom. The van der Waals surface area contributed by atoms with E-state index in [-0.39, 0.29) is 12.6 Å². The summed E-state index contributed by atoms with van der Waals surface area (Å²) in [6, 6.07) is 0. The third-order valence-electron chi connectivity index (χ3n) is 2.82. The number of carbonyl (C=O) groups is 1. The molecule has 0 spiro atoms. The number of ether oxygens (including phenoxy) is 1. The van der Waals surface area contributed by atoms with Crippen LogP contribution in [0, 0.1) is 5.92 Å². The molecule has 3 nitrogen and oxygen atoms in total. The highest BCUT2D eigenvalue weighted by Crippen LogP contribution is 2.29. The van der Waals surface area contributed by atoms with Gasteiger partial charge in [-0.05, 0) is 25.7 Å². The summed E-state index contributed by atoms with van der Waals surface area (Å²) in [5.41, 5.74) is 0.579. The van der Waals surface area contributed by atoms with Crippen molar-refractivity contribution in [3.8, 4) is 0 Å². The van der Waals surface area contributed by atoms with Gasteiger partial charge in [-0.3, -0.25) is 0 Å². The van der Waals surface area contributed by atoms with Gasteiger partial charge in [-0.25, -0.2) is 4.79 Å². The maximum Gasteiger partial charge on any atom is 0.333 e. The van der Waals surface area contributed by atoms with E-state index in [2.05, 4.69) is 6.58 Å². The number of hydrogen-bond donors (Lipinski definition) is 1. The average Bonchev–Trinajstić information content (AvgIpc) is 2.26. The predicted octanol–water partition coefficient (Wildman–Crippen LogP) is 2.05. The SMILES string of the molecule is C=C(C(=O)OCC(C)O)C1CCCCC1. The van der Waals surface area contributed by atoms with E-state index in [0.29, 0.717) is 11.5 Å². The van der Waals surface area contributed by atoms with Crippen LogP contribution in [0.15, 0.2) is 12.2 Å². The fraction of sp³-hybridized carbons (Fsp3) is 0.750. The Labute approximate surface area is 91.1 Å². The minimum atomic E-state index is -0.604. The molecular weight excluding hydrogens is 192 g/mol. The monoisotopic (exact) mass is 212 g/mol. The summed E-state index contributed by atoms with van der Waals surface area (Å²) in [6.07, 6.45) is 5.09. The van der Waals surface area contributed by atoms with Crippen molar-refractivity contribution in [3.63, 3.8) is 0 Å². The first-order valence-electron chi connectivity index (χ1n) is 5.65. The van der Waals surface area contributed by atoms with E-state index < -0.39 is 6.10 Å². The molecule has 0 radical (unpaired) electrons. The summed E-state index contributed by atoms with van der Waals surface area (Å²) in [4.78, 5) is 11.5. The van der Waals surface area contributed by atoms with Crippen LogP contribution in [0.3, 0.4) is 0 Å². The van der Waals surface area contributed by atoms with Crippen LogP contribution in [-0.2, 0) is 9.53 Å². The minimum Gasteiger partial charge on any atom is -0.460 e. The van der Waals surface area contributed by atoms with Gasteiger partial charge in [-0.15, -0.1) is 0 Å². The zero-order chi connectivity index (χ0) is 11.3. The third-order valence-corrected chi connectivity index (χ3v) is 2.82. The summed E-state index contributed by atoms with van der Waals surface area (Å²) in [5.74, 6) is -0.0527. The zero-order valence-electron chi connectivity index (χ0n) is 9.37. The van der Waals surface area contributed by atoms with Crippen molar-refractivity contribution in [1.29, 1.82) is 0 Å². The van der Waals surface area contributed by atoms with Crippen molar-refractivity contribution < 1.29 is 14.6 Å². The van der Waals surface area contributed by atoms with Gasteiger partial charge < -0.3 is 9.84 Å². The van der Waals surface area contributed by atoms with Gasteiger partial charge in [0.05, 0.1) is 6.10 Å². The first kappa shape index (κ1) is 12.2. The molecule has 0 heterocycles. The zero-order valence-corrected chi connectivity index (χ0v) is 9.37. The normalized spacial score (nSPS) is 19.6. The molecule has 15 heavy (non-hydrogen) atoms. The predicted molar refractivity (Wildman–Crippen MR) is 58.4 cm³/mol. The first-order chi connectivity index (χ1) is 7.11. The standard InChI is InChI=1S/C12H20O3/c1-9(13)8-15-12(14)10(2)11-6-4-3-5-7-11/h9,11,13H,2-8H2,1H3. The van der Waals surface area contributed by atoms with Gasteiger partial charge in [-0.2, -0.15) is 0 Å². The van der Waals surface area contributed by atoms with Crippen LogP contribution in [0.1, 0.15) is 39.0 Å². The molecule has 1 fully saturated rings. The number of aliphatic hydroxyl groups excluding tert-OH is 1. The van der Waals surface area contributed by atoms with Crippen molar-refractivity contribution in [2.75, 3.05) is 6.61 Å². The van der Waals surface area contributed by atoms with Gasteiger partial charge >= 0.3 is 5.97 Å². The Morgan fingerprint density at radius 2 is 2.07 bits per heavy atom. The highest BCUT2D eigenvalue weighted by Gasteiger charge is 2.22. The Balaban J connectivity index is 2.34. The molecular formula is C12H20O3. The molecule has 1 aliphatic carbocycles. The molecule has 1 saturated carbocycles. The molecule has 0 aromatic carbocycles. The number of hydrogen-bond acceptors (Lipinski definition) is 3. The van der Waals surface area contributed by atoms with Crippen LogP contribution in [-0.4, -0.2) is 23.8 Å². The quantitative estimate of drug-likeness (QED) is 0.573. The summed E-state index contributed by atoms with van der Waals surface area (Å²) >= 11 is 0. The molecule has 0 aromatic rings. The van der Waals surface area contributed by atoms with Crippen LogP contribution in [0.2, 0.25) is 0 Å². The molecule has 1 unspecified atom stereocenters. The maximum atomic E-state index is 11.5. The van der Waals surface area contributed by atoms with E-state index in [1.165, 1.54) is 19.3 Å². The molecule has 3 heteroatoms. The lowest BCUT2D eigenvalue weighted by Crippen LogP contribution is -2.21. The summed E-state index contributed by atoms with van der Waals surface area (Å²) in [5, 5.41) is 8.99. The van der Waals surface area contributed by atoms with Crippen LogP contribution in [0.5, 0.6) is 0 Å². The Hall–Kier alpha value is -0.830. The van der Waals surface area contributed by atoms with Gasteiger partial charge in [-0.1, -0.05) is 25.8 Å². The molecule has 0 aromatic heterocycles. The van der Waals surface area contributed by atoms with Crippen molar-refractivity contribution in [1.82, 2.24) is 0 Å². The summed E-state index contributed by atoms with van der Waals surface area (Å²) in [7, 11) is 0. The Kier molecular flexibility index (Phi) is 4.82. The van der Waals surface area contributed by atoms with Gasteiger partial charge in [0.25, 0.3) is 0 Å². The molecule has 1 atom stereocenters. The van der Waals surface area contributed by atoms with E-state index in [4.69, 9.17) is 9.84 Å². The summed E-state index contributed by atoms with van der Waals surface area (Å²) in [6.45, 7) is 5.45. The Bertz CT molecular complexity index is 227. The second-order valence-corrected chi connectivity index (χ2v) is 4.31. The lowest BCUT2D eigenvalue weighted by Gasteiger charge is -2.22. The fourth-order valence-corrected chi connectivity index (χ4v) is 1.91. The largest absolute Gasteiger partial charge is 0.460 e. The fourth-order valence-electron chi connectivity index (χ4n) is 1.91. The minimum absolute atomic E-state index is 0.0601. The first-order valence-corrected chi connectivity index (χ1v) is 5.65. The second-order valence-electron chi connectivity index (χ2n) is 4.31. The molecule has 1 aliphatic rings. The van der Waals surface area contributed by atoms with E-state index >= 15 is 0 Å². The van der Waals surface area contributed by atoms with Crippen molar-refractivity contribution >= 4 is 5.97 Å². The number of esters is 1. The topological polar surface area (TPSA) is 46.5 Å². The molecule has 0 amide bonds. The van der Waals surface area contributed by atoms with E-state index in [0.717, 1.165) is 12.8 Å². The van der Waals surface area contributed by atoms with Crippen LogP contribution in [0.25, 0.3) is 0 Å². The third kappa shape index (κ3) is 4.04. The van der Waals surface area contributed by atoms with E-state index in [1.54, 1.807) is 6.92 Å². The van der Waals surface area contributed by atoms with Crippen molar-refractivity contribution in [2.45, 2.75) is 45.1 Å². The van der Waals surface area contributed by atoms with Crippen molar-refractivity contribution in [3.05, 3.63) is 12.2 Å². The molecule has 86 valence electrons. The number of rotatable bonds is 4. The summed E-state index contributed by atoms with van der Waals surface area (Å²) < 4.78 is 4.93. The molecule has 1 rings (SSSR count). The van der Waals surface area contributed by atoms with Crippen LogP contribution >= 0.6 is 0 Å². The van der Waals surface area contributed by atoms with Gasteiger partial charge in [0.1, 0.15) is 6.61 Å². The van der Waals surface area contributed by atoms with Gasteiger partial charge in [0.2, 0.25) is 0 Å². The molecule has 0 bridgehead atoms. The number of aliphatic hydroxyl groups is 1. The van der Waals surface area contributed by atoms with Gasteiger partial charge in [0.15, 0.2) is 0 Å². The van der Waals surface area contributed by atoms with E-state index in [1.807, 2.05) is 0 Å². The smallest absolute Gasteiger partial charge is 0.333 e. The lowest BCUT2D eigenvalue weighted by molar-refractivity contribution is -0.142. The highest BCUT2D eigenvalue weighted by atomic mass is 16.5. The van der Waals surface area contributed by atoms with E-state index in [9.17, 15) is 4.79 Å². The molecule has 1 N–H and O–H groups in total. The molecule has 0 aliphatic heterocycles.